The first-order valence-corrected chi connectivity index (χ1v) is 7.40. The molecular weight excluding hydrogens is 284 g/mol. The number of amides is 1. The van der Waals surface area contributed by atoms with E-state index in [4.69, 9.17) is 0 Å². The number of rotatable bonds is 3. The third-order valence-corrected chi connectivity index (χ3v) is 3.95. The lowest BCUT2D eigenvalue weighted by atomic mass is 10.3. The molecule has 3 rings (SSSR count). The molecule has 3 aromatic rings. The van der Waals surface area contributed by atoms with E-state index in [0.717, 1.165) is 21.8 Å². The Hall–Kier alpha value is -2.47. The van der Waals surface area contributed by atoms with Gasteiger partial charge in [-0.25, -0.2) is 10.4 Å². The molecule has 6 heteroatoms. The van der Waals surface area contributed by atoms with Crippen LogP contribution in [-0.4, -0.2) is 17.1 Å². The Kier molecular flexibility index (Phi) is 3.53. The van der Waals surface area contributed by atoms with Crippen LogP contribution in [0.1, 0.15) is 26.6 Å². The van der Waals surface area contributed by atoms with Gasteiger partial charge in [0.15, 0.2) is 5.69 Å². The molecule has 106 valence electrons. The molecule has 0 aliphatic heterocycles. The SMILES string of the molecule is Cc1cc[n+]2c(C(=O)NN=Cc3cccs3)c(C)[nH]c2c1. The molecular formula is C15H15N4OS+. The van der Waals surface area contributed by atoms with Gasteiger partial charge in [0.1, 0.15) is 0 Å². The Morgan fingerprint density at radius 3 is 3.05 bits per heavy atom. The van der Waals surface area contributed by atoms with Gasteiger partial charge in [0.25, 0.3) is 5.65 Å². The maximum atomic E-state index is 12.3. The van der Waals surface area contributed by atoms with Crippen molar-refractivity contribution in [3.8, 4) is 0 Å². The van der Waals surface area contributed by atoms with Crippen LogP contribution >= 0.6 is 11.3 Å². The summed E-state index contributed by atoms with van der Waals surface area (Å²) in [6.45, 7) is 3.89. The zero-order valence-electron chi connectivity index (χ0n) is 11.8. The Morgan fingerprint density at radius 1 is 1.43 bits per heavy atom. The van der Waals surface area contributed by atoms with Crippen molar-refractivity contribution in [1.29, 1.82) is 0 Å². The summed E-state index contributed by atoms with van der Waals surface area (Å²) in [5.74, 6) is -0.236. The number of carbonyl (C=O) groups excluding carboxylic acids is 1. The largest absolute Gasteiger partial charge is 0.315 e. The minimum Gasteiger partial charge on any atom is -0.263 e. The number of nitrogens with zero attached hydrogens (tertiary/aromatic N) is 2. The third kappa shape index (κ3) is 2.71. The first-order valence-electron chi connectivity index (χ1n) is 6.52. The van der Waals surface area contributed by atoms with Crippen LogP contribution < -0.4 is 9.83 Å². The predicted octanol–water partition coefficient (Wildman–Crippen LogP) is 2.20. The second kappa shape index (κ2) is 5.49. The molecule has 0 spiro atoms. The van der Waals surface area contributed by atoms with Gasteiger partial charge in [0, 0.05) is 17.9 Å². The van der Waals surface area contributed by atoms with Crippen LogP contribution in [0.2, 0.25) is 0 Å². The summed E-state index contributed by atoms with van der Waals surface area (Å²) in [7, 11) is 0. The molecule has 0 atom stereocenters. The van der Waals surface area contributed by atoms with E-state index in [9.17, 15) is 4.79 Å². The number of nitrogens with one attached hydrogen (secondary N) is 2. The van der Waals surface area contributed by atoms with Crippen LogP contribution in [0.15, 0.2) is 40.9 Å². The average molecular weight is 299 g/mol. The molecule has 0 saturated heterocycles. The number of H-pyrrole nitrogens is 1. The van der Waals surface area contributed by atoms with E-state index < -0.39 is 0 Å². The van der Waals surface area contributed by atoms with E-state index >= 15 is 0 Å². The molecule has 3 aromatic heterocycles. The van der Waals surface area contributed by atoms with E-state index in [0.29, 0.717) is 5.69 Å². The second-order valence-corrected chi connectivity index (χ2v) is 5.75. The van der Waals surface area contributed by atoms with Gasteiger partial charge in [-0.2, -0.15) is 9.50 Å². The fraction of sp³-hybridized carbons (Fsp3) is 0.133. The highest BCUT2D eigenvalue weighted by atomic mass is 32.1. The number of hydrogen-bond acceptors (Lipinski definition) is 3. The number of pyridine rings is 1. The number of aryl methyl sites for hydroxylation is 2. The third-order valence-electron chi connectivity index (χ3n) is 3.14. The topological polar surface area (TPSA) is 61.4 Å². The highest BCUT2D eigenvalue weighted by Crippen LogP contribution is 2.07. The number of aromatic amines is 1. The van der Waals surface area contributed by atoms with Gasteiger partial charge in [-0.05, 0) is 30.0 Å². The molecule has 0 aliphatic rings. The van der Waals surface area contributed by atoms with Crippen molar-refractivity contribution in [2.45, 2.75) is 13.8 Å². The first kappa shape index (κ1) is 13.5. The van der Waals surface area contributed by atoms with Gasteiger partial charge >= 0.3 is 5.91 Å². The molecule has 3 heterocycles. The lowest BCUT2D eigenvalue weighted by Crippen LogP contribution is -2.33. The van der Waals surface area contributed by atoms with Crippen molar-refractivity contribution in [3.05, 3.63) is 57.7 Å². The van der Waals surface area contributed by atoms with Crippen molar-refractivity contribution < 1.29 is 9.20 Å². The summed E-state index contributed by atoms with van der Waals surface area (Å²) in [5, 5.41) is 5.96. The minimum absolute atomic E-state index is 0.236. The Labute approximate surface area is 126 Å². The lowest BCUT2D eigenvalue weighted by Gasteiger charge is -1.96. The Morgan fingerprint density at radius 2 is 2.29 bits per heavy atom. The van der Waals surface area contributed by atoms with Crippen LogP contribution in [0, 0.1) is 13.8 Å². The van der Waals surface area contributed by atoms with E-state index in [1.807, 2.05) is 54.1 Å². The van der Waals surface area contributed by atoms with Crippen molar-refractivity contribution in [2.75, 3.05) is 0 Å². The maximum Gasteiger partial charge on any atom is 0.315 e. The number of thiophene rings is 1. The van der Waals surface area contributed by atoms with Gasteiger partial charge < -0.3 is 0 Å². The second-order valence-electron chi connectivity index (χ2n) is 4.77. The first-order chi connectivity index (χ1) is 10.1. The fourth-order valence-corrected chi connectivity index (χ4v) is 2.77. The standard InChI is InChI=1S/C15H14N4OS/c1-10-5-6-19-13(8-10)17-11(2)14(19)15(20)18-16-9-12-4-3-7-21-12/h3-9H,1-2H3,(H,18,20)/p+1. The molecule has 0 unspecified atom stereocenters. The highest BCUT2D eigenvalue weighted by Gasteiger charge is 2.22. The molecule has 5 nitrogen and oxygen atoms in total. The van der Waals surface area contributed by atoms with Crippen LogP contribution in [0.4, 0.5) is 0 Å². The average Bonchev–Trinajstić information content (AvgIpc) is 3.04. The molecule has 0 aliphatic carbocycles. The predicted molar refractivity (Wildman–Crippen MR) is 82.8 cm³/mol. The summed E-state index contributed by atoms with van der Waals surface area (Å²) in [6.07, 6.45) is 3.52. The van der Waals surface area contributed by atoms with Gasteiger partial charge in [0.05, 0.1) is 12.4 Å². The van der Waals surface area contributed by atoms with Crippen LogP contribution in [0.3, 0.4) is 0 Å². The van der Waals surface area contributed by atoms with Crippen molar-refractivity contribution in [3.63, 3.8) is 0 Å². The minimum atomic E-state index is -0.236. The monoisotopic (exact) mass is 299 g/mol. The van der Waals surface area contributed by atoms with Crippen LogP contribution in [-0.2, 0) is 0 Å². The molecule has 1 amide bonds. The van der Waals surface area contributed by atoms with E-state index in [-0.39, 0.29) is 5.91 Å². The van der Waals surface area contributed by atoms with Gasteiger partial charge in [-0.3, -0.25) is 4.79 Å². The molecule has 21 heavy (non-hydrogen) atoms. The molecule has 0 aromatic carbocycles. The molecule has 0 radical (unpaired) electrons. The van der Waals surface area contributed by atoms with Crippen molar-refractivity contribution in [2.24, 2.45) is 5.10 Å². The molecule has 0 saturated carbocycles. The van der Waals surface area contributed by atoms with E-state index in [1.165, 1.54) is 0 Å². The summed E-state index contributed by atoms with van der Waals surface area (Å²) in [4.78, 5) is 16.5. The number of aromatic nitrogens is 2. The zero-order valence-corrected chi connectivity index (χ0v) is 12.6. The van der Waals surface area contributed by atoms with E-state index in [1.54, 1.807) is 17.6 Å². The normalized spacial score (nSPS) is 11.3. The van der Waals surface area contributed by atoms with Crippen molar-refractivity contribution in [1.82, 2.24) is 10.4 Å². The van der Waals surface area contributed by atoms with Crippen LogP contribution in [0.5, 0.6) is 0 Å². The smallest absolute Gasteiger partial charge is 0.263 e. The summed E-state index contributed by atoms with van der Waals surface area (Å²) in [5.41, 5.74) is 5.97. The molecule has 2 N–H and O–H groups in total. The number of hydrogen-bond donors (Lipinski definition) is 2. The van der Waals surface area contributed by atoms with Crippen molar-refractivity contribution >= 4 is 29.1 Å². The fourth-order valence-electron chi connectivity index (χ4n) is 2.18. The van der Waals surface area contributed by atoms with Gasteiger partial charge in [-0.1, -0.05) is 6.07 Å². The Balaban J connectivity index is 1.86. The summed E-state index contributed by atoms with van der Waals surface area (Å²) >= 11 is 1.57. The lowest BCUT2D eigenvalue weighted by molar-refractivity contribution is -0.513. The summed E-state index contributed by atoms with van der Waals surface area (Å²) < 4.78 is 1.83. The highest BCUT2D eigenvalue weighted by molar-refractivity contribution is 7.11. The number of imidazole rings is 1. The zero-order chi connectivity index (χ0) is 14.8. The number of carbonyl (C=O) groups is 1. The Bertz CT molecular complexity index is 818. The quantitative estimate of drug-likeness (QED) is 0.435. The van der Waals surface area contributed by atoms with Gasteiger partial charge in [0.2, 0.25) is 5.69 Å². The van der Waals surface area contributed by atoms with Gasteiger partial charge in [-0.15, -0.1) is 11.3 Å². The van der Waals surface area contributed by atoms with Crippen LogP contribution in [0.25, 0.3) is 5.65 Å². The van der Waals surface area contributed by atoms with E-state index in [2.05, 4.69) is 15.5 Å². The molecule has 0 fully saturated rings. The number of fused-ring (bicyclic) bond motifs is 1. The molecule has 0 bridgehead atoms. The number of hydrazone groups is 1. The maximum absolute atomic E-state index is 12.3. The summed E-state index contributed by atoms with van der Waals surface area (Å²) in [6, 6.07) is 7.84.